The second kappa shape index (κ2) is 6.24. The summed E-state index contributed by atoms with van der Waals surface area (Å²) in [5.74, 6) is -1.21. The van der Waals surface area contributed by atoms with Crippen LogP contribution in [0, 0.1) is 5.41 Å². The van der Waals surface area contributed by atoms with Crippen LogP contribution in [0.5, 0.6) is 0 Å². The highest BCUT2D eigenvalue weighted by Gasteiger charge is 2.41. The zero-order valence-corrected chi connectivity index (χ0v) is 11.2. The molecule has 0 amide bonds. The molecule has 0 saturated carbocycles. The van der Waals surface area contributed by atoms with Crippen LogP contribution in [0.1, 0.15) is 12.8 Å². The van der Waals surface area contributed by atoms with Crippen LogP contribution in [0.3, 0.4) is 0 Å². The lowest BCUT2D eigenvalue weighted by Gasteiger charge is -2.33. The van der Waals surface area contributed by atoms with Crippen molar-refractivity contribution < 1.29 is 36.2 Å². The van der Waals surface area contributed by atoms with Gasteiger partial charge in [0, 0.05) is 19.8 Å². The summed E-state index contributed by atoms with van der Waals surface area (Å²) in [6.45, 7) is -1.89. The fourth-order valence-electron chi connectivity index (χ4n) is 1.69. The molecule has 1 heterocycles. The van der Waals surface area contributed by atoms with E-state index < -0.39 is 40.9 Å². The molecule has 7 nitrogen and oxygen atoms in total. The maximum absolute atomic E-state index is 11.9. The van der Waals surface area contributed by atoms with Crippen molar-refractivity contribution in [3.05, 3.63) is 0 Å². The predicted molar refractivity (Wildman–Crippen MR) is 61.1 cm³/mol. The molecule has 1 aliphatic rings. The number of aliphatic carboxylic acids is 1. The predicted octanol–water partition coefficient (Wildman–Crippen LogP) is -0.146. The van der Waals surface area contributed by atoms with Crippen molar-refractivity contribution in [3.63, 3.8) is 0 Å². The third-order valence-electron chi connectivity index (χ3n) is 2.97. The lowest BCUT2D eigenvalue weighted by Crippen LogP contribution is -2.50. The van der Waals surface area contributed by atoms with Gasteiger partial charge in [0.05, 0.1) is 5.41 Å². The Hall–Kier alpha value is -0.910. The fraction of sp³-hybridized carbons (Fsp3) is 0.889. The van der Waals surface area contributed by atoms with E-state index in [1.165, 1.54) is 4.72 Å². The number of hydrogen-bond donors (Lipinski definition) is 3. The molecule has 1 aliphatic heterocycles. The van der Waals surface area contributed by atoms with Gasteiger partial charge in [0.25, 0.3) is 10.2 Å². The minimum Gasteiger partial charge on any atom is -0.481 e. The topological polar surface area (TPSA) is 105 Å². The van der Waals surface area contributed by atoms with E-state index in [1.807, 2.05) is 4.72 Å². The number of carboxylic acid groups (broad SMARTS) is 1. The standard InChI is InChI=1S/C9H15F3N2O5S/c10-9(11,12)6-14-20(17,18)13-5-8(7(15)16)1-3-19-4-2-8/h13-14H,1-6H2,(H,15,16). The van der Waals surface area contributed by atoms with Gasteiger partial charge in [-0.05, 0) is 12.8 Å². The van der Waals surface area contributed by atoms with Gasteiger partial charge >= 0.3 is 12.1 Å². The highest BCUT2D eigenvalue weighted by atomic mass is 32.2. The van der Waals surface area contributed by atoms with Crippen molar-refractivity contribution in [2.24, 2.45) is 5.41 Å². The Morgan fingerprint density at radius 1 is 1.25 bits per heavy atom. The smallest absolute Gasteiger partial charge is 0.402 e. The number of rotatable bonds is 6. The SMILES string of the molecule is O=C(O)C1(CNS(=O)(=O)NCC(F)(F)F)CCOCC1. The highest BCUT2D eigenvalue weighted by molar-refractivity contribution is 7.87. The molecule has 3 N–H and O–H groups in total. The Balaban J connectivity index is 2.61. The summed E-state index contributed by atoms with van der Waals surface area (Å²) >= 11 is 0. The third kappa shape index (κ3) is 5.23. The molecule has 1 saturated heterocycles. The summed E-state index contributed by atoms with van der Waals surface area (Å²) in [6.07, 6.45) is -4.51. The summed E-state index contributed by atoms with van der Waals surface area (Å²) in [5.41, 5.74) is -1.36. The van der Waals surface area contributed by atoms with Gasteiger partial charge in [-0.2, -0.15) is 26.3 Å². The van der Waals surface area contributed by atoms with Crippen molar-refractivity contribution in [1.82, 2.24) is 9.44 Å². The summed E-state index contributed by atoms with van der Waals surface area (Å²) in [4.78, 5) is 11.2. The molecule has 0 bridgehead atoms. The van der Waals surface area contributed by atoms with Crippen LogP contribution in [0.15, 0.2) is 0 Å². The molecular weight excluding hydrogens is 305 g/mol. The van der Waals surface area contributed by atoms with Gasteiger partial charge in [0.2, 0.25) is 0 Å². The van der Waals surface area contributed by atoms with Gasteiger partial charge in [-0.3, -0.25) is 4.79 Å². The normalized spacial score (nSPS) is 19.8. The Kier molecular flexibility index (Phi) is 5.35. The number of ether oxygens (including phenoxy) is 1. The summed E-state index contributed by atoms with van der Waals surface area (Å²) < 4.78 is 66.6. The Morgan fingerprint density at radius 3 is 2.25 bits per heavy atom. The average Bonchev–Trinajstić information content (AvgIpc) is 2.35. The number of hydrogen-bond acceptors (Lipinski definition) is 4. The number of nitrogens with one attached hydrogen (secondary N) is 2. The zero-order valence-electron chi connectivity index (χ0n) is 10.4. The minimum absolute atomic E-state index is 0.0874. The molecule has 118 valence electrons. The maximum atomic E-state index is 11.9. The maximum Gasteiger partial charge on any atom is 0.402 e. The quantitative estimate of drug-likeness (QED) is 0.631. The van der Waals surface area contributed by atoms with E-state index in [-0.39, 0.29) is 26.1 Å². The van der Waals surface area contributed by atoms with E-state index in [9.17, 15) is 26.4 Å². The second-order valence-electron chi connectivity index (χ2n) is 4.46. The van der Waals surface area contributed by atoms with Gasteiger partial charge in [-0.15, -0.1) is 0 Å². The number of carbonyl (C=O) groups is 1. The van der Waals surface area contributed by atoms with E-state index in [1.54, 1.807) is 0 Å². The second-order valence-corrected chi connectivity index (χ2v) is 6.04. The third-order valence-corrected chi connectivity index (χ3v) is 4.02. The van der Waals surface area contributed by atoms with Crippen molar-refractivity contribution in [3.8, 4) is 0 Å². The lowest BCUT2D eigenvalue weighted by atomic mass is 9.80. The number of carboxylic acids is 1. The Morgan fingerprint density at radius 2 is 1.80 bits per heavy atom. The van der Waals surface area contributed by atoms with E-state index >= 15 is 0 Å². The average molecular weight is 320 g/mol. The fourth-order valence-corrected chi connectivity index (χ4v) is 2.61. The molecule has 1 rings (SSSR count). The molecule has 0 unspecified atom stereocenters. The number of alkyl halides is 3. The molecule has 11 heteroatoms. The van der Waals surface area contributed by atoms with E-state index in [2.05, 4.69) is 0 Å². The van der Waals surface area contributed by atoms with Crippen LogP contribution in [-0.4, -0.2) is 52.0 Å². The molecule has 0 aromatic heterocycles. The molecule has 0 aromatic rings. The van der Waals surface area contributed by atoms with Crippen molar-refractivity contribution in [2.75, 3.05) is 26.3 Å². The zero-order chi connectivity index (χ0) is 15.4. The van der Waals surface area contributed by atoms with E-state index in [0.717, 1.165) is 0 Å². The molecule has 0 atom stereocenters. The summed E-state index contributed by atoms with van der Waals surface area (Å²) in [6, 6.07) is 0. The van der Waals surface area contributed by atoms with Gasteiger partial charge < -0.3 is 9.84 Å². The minimum atomic E-state index is -4.68. The summed E-state index contributed by atoms with van der Waals surface area (Å²) in [7, 11) is -4.41. The monoisotopic (exact) mass is 320 g/mol. The molecule has 0 spiro atoms. The van der Waals surface area contributed by atoms with Crippen molar-refractivity contribution >= 4 is 16.2 Å². The largest absolute Gasteiger partial charge is 0.481 e. The molecule has 0 aliphatic carbocycles. The van der Waals surface area contributed by atoms with Gasteiger partial charge in [0.1, 0.15) is 6.54 Å². The summed E-state index contributed by atoms with van der Waals surface area (Å²) in [5, 5.41) is 9.15. The van der Waals surface area contributed by atoms with Crippen LogP contribution < -0.4 is 9.44 Å². The van der Waals surface area contributed by atoms with Crippen LogP contribution in [0.4, 0.5) is 13.2 Å². The van der Waals surface area contributed by atoms with E-state index in [4.69, 9.17) is 9.84 Å². The Bertz CT molecular complexity index is 445. The van der Waals surface area contributed by atoms with Crippen LogP contribution in [0.2, 0.25) is 0 Å². The first-order valence-electron chi connectivity index (χ1n) is 5.68. The number of halogens is 3. The van der Waals surface area contributed by atoms with Crippen LogP contribution in [0.25, 0.3) is 0 Å². The van der Waals surface area contributed by atoms with Crippen LogP contribution >= 0.6 is 0 Å². The molecule has 0 radical (unpaired) electrons. The lowest BCUT2D eigenvalue weighted by molar-refractivity contribution is -0.154. The first kappa shape index (κ1) is 17.1. The molecular formula is C9H15F3N2O5S. The van der Waals surface area contributed by atoms with Crippen molar-refractivity contribution in [2.45, 2.75) is 19.0 Å². The molecule has 0 aromatic carbocycles. The Labute approximate surface area is 113 Å². The first-order chi connectivity index (χ1) is 9.06. The van der Waals surface area contributed by atoms with Gasteiger partial charge in [0.15, 0.2) is 0 Å². The van der Waals surface area contributed by atoms with Crippen LogP contribution in [-0.2, 0) is 19.7 Å². The highest BCUT2D eigenvalue weighted by Crippen LogP contribution is 2.30. The molecule has 20 heavy (non-hydrogen) atoms. The molecule has 1 fully saturated rings. The first-order valence-corrected chi connectivity index (χ1v) is 7.17. The van der Waals surface area contributed by atoms with E-state index in [0.29, 0.717) is 0 Å². The van der Waals surface area contributed by atoms with Gasteiger partial charge in [-0.25, -0.2) is 4.72 Å². The van der Waals surface area contributed by atoms with Crippen molar-refractivity contribution in [1.29, 1.82) is 0 Å². The van der Waals surface area contributed by atoms with Gasteiger partial charge in [-0.1, -0.05) is 0 Å².